The SMILES string of the molecule is CC1(C)Cc2c(cnn2-c2cccc(F)c2)[C@H](NC(=O)C2CCCC2)C1. The Morgan fingerprint density at radius 3 is 2.81 bits per heavy atom. The normalized spacial score (nSPS) is 22.2. The van der Waals surface area contributed by atoms with Gasteiger partial charge < -0.3 is 5.32 Å². The van der Waals surface area contributed by atoms with Crippen LogP contribution in [0.15, 0.2) is 30.5 Å². The first-order valence-corrected chi connectivity index (χ1v) is 9.56. The van der Waals surface area contributed by atoms with Crippen molar-refractivity contribution in [2.75, 3.05) is 0 Å². The van der Waals surface area contributed by atoms with Crippen LogP contribution >= 0.6 is 0 Å². The number of hydrogen-bond acceptors (Lipinski definition) is 2. The van der Waals surface area contributed by atoms with Gasteiger partial charge in [0.15, 0.2) is 0 Å². The molecule has 2 aromatic rings. The molecule has 1 aromatic heterocycles. The molecule has 0 aliphatic heterocycles. The minimum atomic E-state index is -0.270. The first-order chi connectivity index (χ1) is 12.4. The van der Waals surface area contributed by atoms with Crippen LogP contribution in [0.1, 0.15) is 63.3 Å². The van der Waals surface area contributed by atoms with Gasteiger partial charge in [-0.15, -0.1) is 0 Å². The van der Waals surface area contributed by atoms with Crippen molar-refractivity contribution in [3.8, 4) is 5.69 Å². The highest BCUT2D eigenvalue weighted by Gasteiger charge is 2.37. The number of hydrogen-bond donors (Lipinski definition) is 1. The van der Waals surface area contributed by atoms with E-state index in [0.29, 0.717) is 0 Å². The van der Waals surface area contributed by atoms with E-state index in [1.807, 2.05) is 16.9 Å². The maximum Gasteiger partial charge on any atom is 0.223 e. The zero-order chi connectivity index (χ0) is 18.3. The first-order valence-electron chi connectivity index (χ1n) is 9.56. The molecule has 0 radical (unpaired) electrons. The number of aromatic nitrogens is 2. The van der Waals surface area contributed by atoms with Gasteiger partial charge in [-0.1, -0.05) is 32.8 Å². The Morgan fingerprint density at radius 2 is 2.08 bits per heavy atom. The summed E-state index contributed by atoms with van der Waals surface area (Å²) in [6, 6.07) is 6.48. The number of nitrogens with one attached hydrogen (secondary N) is 1. The molecule has 1 saturated carbocycles. The van der Waals surface area contributed by atoms with Crippen molar-refractivity contribution in [2.45, 2.75) is 58.4 Å². The van der Waals surface area contributed by atoms with E-state index in [2.05, 4.69) is 24.3 Å². The van der Waals surface area contributed by atoms with Gasteiger partial charge in [0, 0.05) is 11.5 Å². The summed E-state index contributed by atoms with van der Waals surface area (Å²) in [6.07, 6.45) is 7.89. The van der Waals surface area contributed by atoms with E-state index in [1.54, 1.807) is 6.07 Å². The smallest absolute Gasteiger partial charge is 0.223 e. The lowest BCUT2D eigenvalue weighted by molar-refractivity contribution is -0.125. The monoisotopic (exact) mass is 355 g/mol. The third-order valence-electron chi connectivity index (χ3n) is 5.77. The maximum absolute atomic E-state index is 13.7. The van der Waals surface area contributed by atoms with E-state index in [4.69, 9.17) is 0 Å². The lowest BCUT2D eigenvalue weighted by Crippen LogP contribution is -2.39. The van der Waals surface area contributed by atoms with Crippen molar-refractivity contribution in [3.63, 3.8) is 0 Å². The van der Waals surface area contributed by atoms with E-state index in [1.165, 1.54) is 12.1 Å². The Bertz CT molecular complexity index is 820. The topological polar surface area (TPSA) is 46.9 Å². The fraction of sp³-hybridized carbons (Fsp3) is 0.524. The minimum absolute atomic E-state index is 0.0239. The van der Waals surface area contributed by atoms with Crippen molar-refractivity contribution in [1.29, 1.82) is 0 Å². The van der Waals surface area contributed by atoms with Gasteiger partial charge in [-0.2, -0.15) is 5.10 Å². The zero-order valence-electron chi connectivity index (χ0n) is 15.5. The Kier molecular flexibility index (Phi) is 4.33. The predicted molar refractivity (Wildman–Crippen MR) is 98.5 cm³/mol. The highest BCUT2D eigenvalue weighted by Crippen LogP contribution is 2.41. The predicted octanol–water partition coefficient (Wildman–Crippen LogP) is 4.33. The lowest BCUT2D eigenvalue weighted by atomic mass is 9.74. The molecule has 5 heteroatoms. The number of carbonyl (C=O) groups excluding carboxylic acids is 1. The fourth-order valence-electron chi connectivity index (χ4n) is 4.48. The summed E-state index contributed by atoms with van der Waals surface area (Å²) in [5, 5.41) is 7.81. The van der Waals surface area contributed by atoms with Crippen molar-refractivity contribution < 1.29 is 9.18 Å². The summed E-state index contributed by atoms with van der Waals surface area (Å²) in [6.45, 7) is 4.43. The Hall–Kier alpha value is -2.17. The molecule has 2 aliphatic rings. The highest BCUT2D eigenvalue weighted by atomic mass is 19.1. The van der Waals surface area contributed by atoms with Crippen LogP contribution in [0, 0.1) is 17.2 Å². The second-order valence-electron chi connectivity index (χ2n) is 8.53. The molecule has 1 aromatic carbocycles. The van der Waals surface area contributed by atoms with E-state index in [0.717, 1.165) is 55.5 Å². The summed E-state index contributed by atoms with van der Waals surface area (Å²) in [7, 11) is 0. The van der Waals surface area contributed by atoms with Gasteiger partial charge in [0.2, 0.25) is 5.91 Å². The summed E-state index contributed by atoms with van der Waals surface area (Å²) in [5.74, 6) is 0.0596. The number of carbonyl (C=O) groups is 1. The van der Waals surface area contributed by atoms with Gasteiger partial charge in [-0.05, 0) is 49.3 Å². The number of amides is 1. The van der Waals surface area contributed by atoms with E-state index in [-0.39, 0.29) is 29.1 Å². The van der Waals surface area contributed by atoms with Crippen LogP contribution in [0.3, 0.4) is 0 Å². The minimum Gasteiger partial charge on any atom is -0.349 e. The van der Waals surface area contributed by atoms with Gasteiger partial charge in [0.25, 0.3) is 0 Å². The molecule has 138 valence electrons. The largest absolute Gasteiger partial charge is 0.349 e. The van der Waals surface area contributed by atoms with Gasteiger partial charge in [0.1, 0.15) is 5.82 Å². The molecule has 0 bridgehead atoms. The number of fused-ring (bicyclic) bond motifs is 1. The fourth-order valence-corrected chi connectivity index (χ4v) is 4.48. The van der Waals surface area contributed by atoms with Gasteiger partial charge in [0.05, 0.1) is 23.6 Å². The molecule has 1 heterocycles. The highest BCUT2D eigenvalue weighted by molar-refractivity contribution is 5.79. The molecule has 1 fully saturated rings. The maximum atomic E-state index is 13.7. The molecule has 1 N–H and O–H groups in total. The molecule has 4 nitrogen and oxygen atoms in total. The Balaban J connectivity index is 1.66. The second kappa shape index (κ2) is 6.53. The second-order valence-corrected chi connectivity index (χ2v) is 8.53. The summed E-state index contributed by atoms with van der Waals surface area (Å²) >= 11 is 0. The van der Waals surface area contributed by atoms with Gasteiger partial charge in [-0.25, -0.2) is 9.07 Å². The third kappa shape index (κ3) is 3.27. The zero-order valence-corrected chi connectivity index (χ0v) is 15.5. The summed E-state index contributed by atoms with van der Waals surface area (Å²) in [5.41, 5.74) is 2.92. The third-order valence-corrected chi connectivity index (χ3v) is 5.77. The Labute approximate surface area is 153 Å². The van der Waals surface area contributed by atoms with Crippen molar-refractivity contribution in [2.24, 2.45) is 11.3 Å². The summed E-state index contributed by atoms with van der Waals surface area (Å²) in [4.78, 5) is 12.7. The van der Waals surface area contributed by atoms with Crippen LogP contribution in [0.2, 0.25) is 0 Å². The van der Waals surface area contributed by atoms with Crippen LogP contribution < -0.4 is 5.32 Å². The van der Waals surface area contributed by atoms with Crippen LogP contribution in [0.4, 0.5) is 4.39 Å². The molecule has 0 spiro atoms. The molecular weight excluding hydrogens is 329 g/mol. The number of benzene rings is 1. The number of halogens is 1. The van der Waals surface area contributed by atoms with E-state index < -0.39 is 0 Å². The molecule has 26 heavy (non-hydrogen) atoms. The van der Waals surface area contributed by atoms with Crippen LogP contribution in [0.25, 0.3) is 5.69 Å². The quantitative estimate of drug-likeness (QED) is 0.891. The summed E-state index contributed by atoms with van der Waals surface area (Å²) < 4.78 is 15.5. The van der Waals surface area contributed by atoms with Crippen LogP contribution in [-0.4, -0.2) is 15.7 Å². The van der Waals surface area contributed by atoms with Crippen molar-refractivity contribution in [1.82, 2.24) is 15.1 Å². The van der Waals surface area contributed by atoms with Gasteiger partial charge in [-0.3, -0.25) is 4.79 Å². The Morgan fingerprint density at radius 1 is 1.31 bits per heavy atom. The molecule has 1 atom stereocenters. The molecular formula is C21H26FN3O. The van der Waals surface area contributed by atoms with Gasteiger partial charge >= 0.3 is 0 Å². The number of nitrogens with zero attached hydrogens (tertiary/aromatic N) is 2. The molecule has 2 aliphatic carbocycles. The van der Waals surface area contributed by atoms with E-state index in [9.17, 15) is 9.18 Å². The first kappa shape index (κ1) is 17.3. The van der Waals surface area contributed by atoms with Crippen LogP contribution in [0.5, 0.6) is 0 Å². The molecule has 4 rings (SSSR count). The standard InChI is InChI=1S/C21H26FN3O/c1-21(2)11-18(24-20(26)14-6-3-4-7-14)17-13-23-25(19(17)12-21)16-9-5-8-15(22)10-16/h5,8-10,13-14,18H,3-4,6-7,11-12H2,1-2H3,(H,24,26)/t18-/m1/s1. The molecule has 1 amide bonds. The molecule has 0 unspecified atom stereocenters. The van der Waals surface area contributed by atoms with E-state index >= 15 is 0 Å². The lowest BCUT2D eigenvalue weighted by Gasteiger charge is -2.36. The molecule has 0 saturated heterocycles. The van der Waals surface area contributed by atoms with Crippen LogP contribution in [-0.2, 0) is 11.2 Å². The average molecular weight is 355 g/mol. The number of rotatable bonds is 3. The van der Waals surface area contributed by atoms with Crippen molar-refractivity contribution >= 4 is 5.91 Å². The van der Waals surface area contributed by atoms with Crippen molar-refractivity contribution in [3.05, 3.63) is 47.5 Å². The average Bonchev–Trinajstić information content (AvgIpc) is 3.23.